The van der Waals surface area contributed by atoms with E-state index in [1.165, 1.54) is 0 Å². The van der Waals surface area contributed by atoms with Crippen LogP contribution in [0.15, 0.2) is 40.1 Å². The number of aliphatic carboxylic acids is 2. The Morgan fingerprint density at radius 3 is 2.44 bits per heavy atom. The third kappa shape index (κ3) is 3.31. The van der Waals surface area contributed by atoms with Gasteiger partial charge in [0.25, 0.3) is 0 Å². The third-order valence-electron chi connectivity index (χ3n) is 2.32. The van der Waals surface area contributed by atoms with Crippen molar-refractivity contribution < 1.29 is 19.8 Å². The Labute approximate surface area is 104 Å². The first kappa shape index (κ1) is 13.7. The molecule has 0 aromatic rings. The highest BCUT2D eigenvalue weighted by atomic mass is 16.4. The van der Waals surface area contributed by atoms with E-state index in [1.807, 2.05) is 19.9 Å². The van der Waals surface area contributed by atoms with Gasteiger partial charge in [0.05, 0.1) is 0 Å². The number of carboxylic acids is 2. The fourth-order valence-electron chi connectivity index (χ4n) is 1.40. The predicted molar refractivity (Wildman–Crippen MR) is 66.3 cm³/mol. The summed E-state index contributed by atoms with van der Waals surface area (Å²) in [7, 11) is 0. The number of carboxylic acid groups (broad SMARTS) is 2. The Hall–Kier alpha value is -2.37. The van der Waals surface area contributed by atoms with Crippen LogP contribution >= 0.6 is 0 Å². The highest BCUT2D eigenvalue weighted by molar-refractivity contribution is 6.12. The van der Waals surface area contributed by atoms with Crippen LogP contribution in [0.25, 0.3) is 0 Å². The van der Waals surface area contributed by atoms with E-state index < -0.39 is 23.7 Å². The van der Waals surface area contributed by atoms with Gasteiger partial charge >= 0.3 is 11.9 Å². The molecular weight excluding hydrogens is 236 g/mol. The second-order valence-corrected chi connectivity index (χ2v) is 3.85. The van der Waals surface area contributed by atoms with E-state index in [-0.39, 0.29) is 0 Å². The van der Waals surface area contributed by atoms with Crippen LogP contribution in [0.4, 0.5) is 0 Å². The van der Waals surface area contributed by atoms with Gasteiger partial charge in [0.2, 0.25) is 0 Å². The van der Waals surface area contributed by atoms with E-state index in [2.05, 4.69) is 10.3 Å². The van der Waals surface area contributed by atoms with Crippen LogP contribution in [0.2, 0.25) is 0 Å². The maximum absolute atomic E-state index is 10.7. The Morgan fingerprint density at radius 1 is 1.33 bits per heavy atom. The summed E-state index contributed by atoms with van der Waals surface area (Å²) >= 11 is 0. The first-order chi connectivity index (χ1) is 8.43. The SMILES string of the molecule is CC(C)=C1C=CC=NC1NC=C(C(=O)O)C(=O)O. The number of aliphatic imine (C=N–C) groups is 1. The first-order valence-corrected chi connectivity index (χ1v) is 5.23. The van der Waals surface area contributed by atoms with Gasteiger partial charge in [-0.2, -0.15) is 0 Å². The lowest BCUT2D eigenvalue weighted by atomic mass is 10.1. The van der Waals surface area contributed by atoms with Crippen molar-refractivity contribution in [2.75, 3.05) is 0 Å². The second kappa shape index (κ2) is 5.81. The zero-order valence-electron chi connectivity index (χ0n) is 10.0. The molecule has 1 aliphatic heterocycles. The molecule has 0 spiro atoms. The van der Waals surface area contributed by atoms with Crippen LogP contribution in [-0.2, 0) is 9.59 Å². The maximum atomic E-state index is 10.7. The standard InChI is InChI=1S/C12H14N2O4/c1-7(2)8-4-3-5-13-10(8)14-6-9(11(15)16)12(17)18/h3-6,10,14H,1-2H3,(H,15,16)(H,17,18). The molecule has 0 amide bonds. The monoisotopic (exact) mass is 250 g/mol. The summed E-state index contributed by atoms with van der Waals surface area (Å²) in [5.41, 5.74) is 1.16. The lowest BCUT2D eigenvalue weighted by Gasteiger charge is -2.18. The zero-order chi connectivity index (χ0) is 13.7. The van der Waals surface area contributed by atoms with Gasteiger partial charge in [-0.05, 0) is 25.5 Å². The number of rotatable bonds is 4. The zero-order valence-corrected chi connectivity index (χ0v) is 10.0. The number of hydrogen-bond acceptors (Lipinski definition) is 4. The van der Waals surface area contributed by atoms with Gasteiger partial charge in [0.15, 0.2) is 5.57 Å². The number of hydrogen-bond donors (Lipinski definition) is 3. The Kier molecular flexibility index (Phi) is 4.42. The molecule has 3 N–H and O–H groups in total. The smallest absolute Gasteiger partial charge is 0.344 e. The quantitative estimate of drug-likeness (QED) is 0.391. The fraction of sp³-hybridized carbons (Fsp3) is 0.250. The number of dihydropyridines is 1. The molecule has 6 heteroatoms. The molecule has 6 nitrogen and oxygen atoms in total. The van der Waals surface area contributed by atoms with E-state index in [0.29, 0.717) is 0 Å². The molecule has 18 heavy (non-hydrogen) atoms. The molecule has 0 fully saturated rings. The Bertz CT molecular complexity index is 466. The van der Waals surface area contributed by atoms with Gasteiger partial charge in [-0.1, -0.05) is 11.6 Å². The van der Waals surface area contributed by atoms with Crippen LogP contribution in [0, 0.1) is 0 Å². The summed E-state index contributed by atoms with van der Waals surface area (Å²) in [4.78, 5) is 25.5. The average molecular weight is 250 g/mol. The summed E-state index contributed by atoms with van der Waals surface area (Å²) in [5, 5.41) is 20.1. The number of nitrogens with zero attached hydrogens (tertiary/aromatic N) is 1. The largest absolute Gasteiger partial charge is 0.477 e. The molecule has 0 aromatic carbocycles. The summed E-state index contributed by atoms with van der Waals surface area (Å²) in [6, 6.07) is 0. The molecule has 0 radical (unpaired) electrons. The highest BCUT2D eigenvalue weighted by Gasteiger charge is 2.18. The third-order valence-corrected chi connectivity index (χ3v) is 2.32. The lowest BCUT2D eigenvalue weighted by molar-refractivity contribution is -0.140. The van der Waals surface area contributed by atoms with Crippen molar-refractivity contribution in [3.63, 3.8) is 0 Å². The van der Waals surface area contributed by atoms with E-state index in [4.69, 9.17) is 10.2 Å². The van der Waals surface area contributed by atoms with Crippen molar-refractivity contribution in [3.8, 4) is 0 Å². The van der Waals surface area contributed by atoms with Gasteiger partial charge < -0.3 is 15.5 Å². The normalized spacial score (nSPS) is 17.2. The van der Waals surface area contributed by atoms with E-state index in [9.17, 15) is 9.59 Å². The van der Waals surface area contributed by atoms with Crippen molar-refractivity contribution in [2.45, 2.75) is 20.0 Å². The summed E-state index contributed by atoms with van der Waals surface area (Å²) in [5.74, 6) is -2.99. The van der Waals surface area contributed by atoms with Crippen molar-refractivity contribution in [1.82, 2.24) is 5.32 Å². The summed E-state index contributed by atoms with van der Waals surface area (Å²) in [6.07, 6.45) is 5.66. The minimum absolute atomic E-state index is 0.464. The molecule has 0 saturated carbocycles. The molecule has 0 aromatic heterocycles. The molecule has 0 bridgehead atoms. The average Bonchev–Trinajstić information content (AvgIpc) is 2.28. The Morgan fingerprint density at radius 2 is 1.94 bits per heavy atom. The summed E-state index contributed by atoms with van der Waals surface area (Å²) in [6.45, 7) is 3.79. The minimum Gasteiger partial charge on any atom is -0.477 e. The minimum atomic E-state index is -1.50. The van der Waals surface area contributed by atoms with E-state index in [0.717, 1.165) is 17.3 Å². The fourth-order valence-corrected chi connectivity index (χ4v) is 1.40. The number of allylic oxidation sites excluding steroid dienone is 2. The van der Waals surface area contributed by atoms with E-state index in [1.54, 1.807) is 12.3 Å². The van der Waals surface area contributed by atoms with Gasteiger partial charge in [0, 0.05) is 12.4 Å². The molecule has 1 heterocycles. The maximum Gasteiger partial charge on any atom is 0.344 e. The molecule has 0 aliphatic carbocycles. The van der Waals surface area contributed by atoms with Crippen molar-refractivity contribution in [1.29, 1.82) is 0 Å². The van der Waals surface area contributed by atoms with Crippen LogP contribution in [0.5, 0.6) is 0 Å². The van der Waals surface area contributed by atoms with Crippen molar-refractivity contribution >= 4 is 18.2 Å². The van der Waals surface area contributed by atoms with Gasteiger partial charge in [-0.3, -0.25) is 4.99 Å². The van der Waals surface area contributed by atoms with Crippen LogP contribution in [0.1, 0.15) is 13.8 Å². The van der Waals surface area contributed by atoms with Gasteiger partial charge in [0.1, 0.15) is 6.17 Å². The lowest BCUT2D eigenvalue weighted by Crippen LogP contribution is -2.28. The predicted octanol–water partition coefficient (Wildman–Crippen LogP) is 0.932. The first-order valence-electron chi connectivity index (χ1n) is 5.23. The summed E-state index contributed by atoms with van der Waals surface area (Å²) < 4.78 is 0. The van der Waals surface area contributed by atoms with Gasteiger partial charge in [-0.25, -0.2) is 9.59 Å². The molecule has 1 unspecified atom stereocenters. The van der Waals surface area contributed by atoms with Crippen LogP contribution in [-0.4, -0.2) is 34.5 Å². The molecule has 1 aliphatic rings. The number of carbonyl (C=O) groups is 2. The molecular formula is C12H14N2O4. The van der Waals surface area contributed by atoms with Crippen molar-refractivity contribution in [2.24, 2.45) is 4.99 Å². The van der Waals surface area contributed by atoms with E-state index >= 15 is 0 Å². The molecule has 96 valence electrons. The number of nitrogens with one attached hydrogen (secondary N) is 1. The highest BCUT2D eigenvalue weighted by Crippen LogP contribution is 2.14. The van der Waals surface area contributed by atoms with Crippen molar-refractivity contribution in [3.05, 3.63) is 35.1 Å². The van der Waals surface area contributed by atoms with Crippen LogP contribution < -0.4 is 5.32 Å². The Balaban J connectivity index is 2.91. The van der Waals surface area contributed by atoms with Gasteiger partial charge in [-0.15, -0.1) is 0 Å². The topological polar surface area (TPSA) is 99.0 Å². The molecule has 1 rings (SSSR count). The molecule has 1 atom stereocenters. The van der Waals surface area contributed by atoms with Crippen LogP contribution in [0.3, 0.4) is 0 Å². The second-order valence-electron chi connectivity index (χ2n) is 3.85. The molecule has 0 saturated heterocycles.